The van der Waals surface area contributed by atoms with Crippen LogP contribution >= 0.6 is 0 Å². The van der Waals surface area contributed by atoms with Crippen molar-refractivity contribution in [1.82, 2.24) is 0 Å². The fourth-order valence-electron chi connectivity index (χ4n) is 1.23. The average Bonchev–Trinajstić information content (AvgIpc) is 2.28. The topological polar surface area (TPSA) is 59.6 Å². The zero-order chi connectivity index (χ0) is 13.5. The molecule has 1 aromatic carbocycles. The fraction of sp³-hybridized carbons (Fsp3) is 0.417. The third kappa shape index (κ3) is 4.99. The highest BCUT2D eigenvalue weighted by Gasteiger charge is 2.09. The molecule has 0 bridgehead atoms. The van der Waals surface area contributed by atoms with Gasteiger partial charge in [0.1, 0.15) is 5.75 Å². The lowest BCUT2D eigenvalue weighted by Gasteiger charge is -2.12. The zero-order valence-electron chi connectivity index (χ0n) is 10.4. The molecule has 18 heavy (non-hydrogen) atoms. The third-order valence-corrected chi connectivity index (χ3v) is 1.99. The van der Waals surface area contributed by atoms with E-state index >= 15 is 0 Å². The van der Waals surface area contributed by atoms with E-state index in [0.29, 0.717) is 18.2 Å². The van der Waals surface area contributed by atoms with Crippen LogP contribution in [0.3, 0.4) is 0 Å². The number of ether oxygens (including phenoxy) is 1. The number of alkyl halides is 2. The van der Waals surface area contributed by atoms with Gasteiger partial charge in [0, 0.05) is 6.54 Å². The van der Waals surface area contributed by atoms with Gasteiger partial charge >= 0.3 is 6.61 Å². The van der Waals surface area contributed by atoms with Crippen LogP contribution in [0.5, 0.6) is 5.75 Å². The summed E-state index contributed by atoms with van der Waals surface area (Å²) in [6.07, 6.45) is 0. The average molecular weight is 257 g/mol. The van der Waals surface area contributed by atoms with Gasteiger partial charge in [-0.15, -0.1) is 0 Å². The summed E-state index contributed by atoms with van der Waals surface area (Å²) in [5.41, 5.74) is 6.01. The maximum absolute atomic E-state index is 12.2. The molecule has 100 valence electrons. The first-order valence-corrected chi connectivity index (χ1v) is 5.60. The maximum Gasteiger partial charge on any atom is 0.387 e. The van der Waals surface area contributed by atoms with E-state index < -0.39 is 6.61 Å². The van der Waals surface area contributed by atoms with Gasteiger partial charge in [0.15, 0.2) is 5.96 Å². The van der Waals surface area contributed by atoms with Crippen LogP contribution in [0.25, 0.3) is 0 Å². The van der Waals surface area contributed by atoms with E-state index in [1.807, 2.05) is 13.8 Å². The Morgan fingerprint density at radius 2 is 2.06 bits per heavy atom. The molecule has 6 heteroatoms. The van der Waals surface area contributed by atoms with Crippen LogP contribution in [0.4, 0.5) is 14.5 Å². The Hall–Kier alpha value is -1.85. The molecule has 0 fully saturated rings. The maximum atomic E-state index is 12.2. The number of nitrogens with one attached hydrogen (secondary N) is 1. The second-order valence-electron chi connectivity index (χ2n) is 4.12. The minimum absolute atomic E-state index is 0.0372. The molecule has 1 rings (SSSR count). The smallest absolute Gasteiger partial charge is 0.387 e. The van der Waals surface area contributed by atoms with Crippen LogP contribution < -0.4 is 15.8 Å². The van der Waals surface area contributed by atoms with Gasteiger partial charge < -0.3 is 15.8 Å². The molecule has 0 atom stereocenters. The largest absolute Gasteiger partial charge is 0.433 e. The van der Waals surface area contributed by atoms with Crippen molar-refractivity contribution in [2.24, 2.45) is 16.6 Å². The lowest BCUT2D eigenvalue weighted by Crippen LogP contribution is -2.24. The summed E-state index contributed by atoms with van der Waals surface area (Å²) in [6, 6.07) is 6.32. The highest BCUT2D eigenvalue weighted by atomic mass is 19.3. The standard InChI is InChI=1S/C12H17F2N3O/c1-8(2)7-16-12(15)17-9-5-3-4-6-10(9)18-11(13)14/h3-6,8,11H,7H2,1-2H3,(H3,15,16,17). The molecule has 0 heterocycles. The third-order valence-electron chi connectivity index (χ3n) is 1.99. The number of anilines is 1. The van der Waals surface area contributed by atoms with Crippen molar-refractivity contribution in [1.29, 1.82) is 0 Å². The fourth-order valence-corrected chi connectivity index (χ4v) is 1.23. The van der Waals surface area contributed by atoms with Crippen molar-refractivity contribution in [3.8, 4) is 5.75 Å². The summed E-state index contributed by atoms with van der Waals surface area (Å²) in [4.78, 5) is 4.08. The van der Waals surface area contributed by atoms with Crippen molar-refractivity contribution in [3.63, 3.8) is 0 Å². The number of nitrogens with two attached hydrogens (primary N) is 1. The molecule has 0 aromatic heterocycles. The van der Waals surface area contributed by atoms with Crippen LogP contribution in [0.2, 0.25) is 0 Å². The number of guanidine groups is 1. The number of aliphatic imine (C=N–C) groups is 1. The molecule has 0 amide bonds. The highest BCUT2D eigenvalue weighted by Crippen LogP contribution is 2.25. The Bertz CT molecular complexity index is 408. The van der Waals surface area contributed by atoms with Gasteiger partial charge in [0.2, 0.25) is 0 Å². The summed E-state index contributed by atoms with van der Waals surface area (Å²) in [5, 5.41) is 2.74. The summed E-state index contributed by atoms with van der Waals surface area (Å²) < 4.78 is 28.7. The normalized spacial score (nSPS) is 12.0. The number of halogens is 2. The van der Waals surface area contributed by atoms with Gasteiger partial charge in [-0.2, -0.15) is 8.78 Å². The van der Waals surface area contributed by atoms with Crippen molar-refractivity contribution in [2.45, 2.75) is 20.5 Å². The van der Waals surface area contributed by atoms with E-state index in [9.17, 15) is 8.78 Å². The minimum atomic E-state index is -2.87. The van der Waals surface area contributed by atoms with Gasteiger partial charge in [-0.1, -0.05) is 26.0 Å². The molecule has 4 nitrogen and oxygen atoms in total. The molecular formula is C12H17F2N3O. The molecule has 0 aliphatic carbocycles. The summed E-state index contributed by atoms with van der Waals surface area (Å²) >= 11 is 0. The number of hydrogen-bond donors (Lipinski definition) is 2. The van der Waals surface area contributed by atoms with Gasteiger partial charge in [-0.05, 0) is 18.1 Å². The summed E-state index contributed by atoms with van der Waals surface area (Å²) in [5.74, 6) is 0.585. The van der Waals surface area contributed by atoms with E-state index in [1.165, 1.54) is 6.07 Å². The van der Waals surface area contributed by atoms with Crippen LogP contribution in [0.1, 0.15) is 13.8 Å². The molecule has 0 saturated carbocycles. The van der Waals surface area contributed by atoms with E-state index in [2.05, 4.69) is 15.0 Å². The van der Waals surface area contributed by atoms with E-state index in [1.54, 1.807) is 18.2 Å². The Labute approximate surface area is 105 Å². The first-order valence-electron chi connectivity index (χ1n) is 5.60. The Morgan fingerprint density at radius 3 is 2.67 bits per heavy atom. The van der Waals surface area contributed by atoms with E-state index in [4.69, 9.17) is 5.73 Å². The number of para-hydroxylation sites is 2. The quantitative estimate of drug-likeness (QED) is 0.629. The van der Waals surface area contributed by atoms with Crippen LogP contribution in [0, 0.1) is 5.92 Å². The molecule has 0 spiro atoms. The summed E-state index contributed by atoms with van der Waals surface area (Å²) in [6.45, 7) is 1.70. The number of hydrogen-bond acceptors (Lipinski definition) is 2. The second-order valence-corrected chi connectivity index (χ2v) is 4.12. The van der Waals surface area contributed by atoms with Crippen molar-refractivity contribution in [3.05, 3.63) is 24.3 Å². The predicted octanol–water partition coefficient (Wildman–Crippen LogP) is 2.67. The number of nitrogens with zero attached hydrogens (tertiary/aromatic N) is 1. The van der Waals surface area contributed by atoms with Gasteiger partial charge in [0.25, 0.3) is 0 Å². The SMILES string of the molecule is CC(C)CN=C(N)Nc1ccccc1OC(F)F. The Kier molecular flexibility index (Phi) is 5.35. The first kappa shape index (κ1) is 14.2. The Balaban J connectivity index is 2.74. The predicted molar refractivity (Wildman–Crippen MR) is 68.0 cm³/mol. The molecule has 0 saturated heterocycles. The molecule has 0 aliphatic rings. The second kappa shape index (κ2) is 6.78. The van der Waals surface area contributed by atoms with Crippen LogP contribution in [-0.4, -0.2) is 19.1 Å². The van der Waals surface area contributed by atoms with Crippen molar-refractivity contribution >= 4 is 11.6 Å². The molecule has 0 aliphatic heterocycles. The lowest BCUT2D eigenvalue weighted by atomic mass is 10.2. The van der Waals surface area contributed by atoms with Gasteiger partial charge in [-0.3, -0.25) is 4.99 Å². The molecule has 0 radical (unpaired) electrons. The molecule has 0 unspecified atom stereocenters. The first-order chi connectivity index (χ1) is 8.49. The van der Waals surface area contributed by atoms with E-state index in [-0.39, 0.29) is 11.7 Å². The lowest BCUT2D eigenvalue weighted by molar-refractivity contribution is -0.0493. The van der Waals surface area contributed by atoms with Crippen LogP contribution in [0.15, 0.2) is 29.3 Å². The van der Waals surface area contributed by atoms with Gasteiger partial charge in [-0.25, -0.2) is 0 Å². The van der Waals surface area contributed by atoms with E-state index in [0.717, 1.165) is 0 Å². The van der Waals surface area contributed by atoms with Crippen molar-refractivity contribution in [2.75, 3.05) is 11.9 Å². The molecular weight excluding hydrogens is 240 g/mol. The van der Waals surface area contributed by atoms with Crippen molar-refractivity contribution < 1.29 is 13.5 Å². The van der Waals surface area contributed by atoms with Crippen LogP contribution in [-0.2, 0) is 0 Å². The number of rotatable bonds is 5. The van der Waals surface area contributed by atoms with Gasteiger partial charge in [0.05, 0.1) is 5.69 Å². The molecule has 1 aromatic rings. The monoisotopic (exact) mass is 257 g/mol. The number of benzene rings is 1. The summed E-state index contributed by atoms with van der Waals surface area (Å²) in [7, 11) is 0. The minimum Gasteiger partial charge on any atom is -0.433 e. The molecule has 3 N–H and O–H groups in total. The Morgan fingerprint density at radius 1 is 1.39 bits per heavy atom. The highest BCUT2D eigenvalue weighted by molar-refractivity contribution is 5.93. The zero-order valence-corrected chi connectivity index (χ0v) is 10.4.